The first-order valence-electron chi connectivity index (χ1n) is 7.04. The average molecular weight is 289 g/mol. The predicted molar refractivity (Wildman–Crippen MR) is 78.9 cm³/mol. The third-order valence-electron chi connectivity index (χ3n) is 3.43. The first-order chi connectivity index (χ1) is 10.0. The average Bonchev–Trinajstić information content (AvgIpc) is 2.88. The molecule has 0 spiro atoms. The summed E-state index contributed by atoms with van der Waals surface area (Å²) < 4.78 is 14.8. The molecule has 1 heterocycles. The van der Waals surface area contributed by atoms with Crippen LogP contribution in [0.2, 0.25) is 0 Å². The van der Waals surface area contributed by atoms with Crippen LogP contribution >= 0.6 is 0 Å². The highest BCUT2D eigenvalue weighted by molar-refractivity contribution is 5.78. The van der Waals surface area contributed by atoms with Crippen molar-refractivity contribution in [2.75, 3.05) is 0 Å². The molecule has 5 heteroatoms. The number of nitrogens with zero attached hydrogens (tertiary/aromatic N) is 2. The summed E-state index contributed by atoms with van der Waals surface area (Å²) in [5.41, 5.74) is 1.89. The van der Waals surface area contributed by atoms with Gasteiger partial charge in [-0.05, 0) is 30.5 Å². The van der Waals surface area contributed by atoms with Crippen molar-refractivity contribution < 1.29 is 9.18 Å². The zero-order chi connectivity index (χ0) is 15.2. The van der Waals surface area contributed by atoms with Gasteiger partial charge >= 0.3 is 0 Å². The van der Waals surface area contributed by atoms with Gasteiger partial charge in [0.1, 0.15) is 5.82 Å². The lowest BCUT2D eigenvalue weighted by Crippen LogP contribution is -2.28. The number of carbonyl (C=O) groups excluding carboxylic acids is 1. The Hall–Kier alpha value is -2.17. The molecule has 4 nitrogen and oxygen atoms in total. The molecule has 2 aromatic rings. The number of carbonyl (C=O) groups is 1. The molecule has 1 aromatic carbocycles. The van der Waals surface area contributed by atoms with Crippen molar-refractivity contribution in [3.05, 3.63) is 53.6 Å². The molecule has 0 aliphatic heterocycles. The minimum absolute atomic E-state index is 0.00950. The highest BCUT2D eigenvalue weighted by Gasteiger charge is 2.13. The Morgan fingerprint density at radius 1 is 1.43 bits per heavy atom. The monoisotopic (exact) mass is 289 g/mol. The zero-order valence-corrected chi connectivity index (χ0v) is 12.3. The van der Waals surface area contributed by atoms with Crippen LogP contribution in [0.3, 0.4) is 0 Å². The normalized spacial score (nSPS) is 12.1. The number of hydrogen-bond donors (Lipinski definition) is 1. The fourth-order valence-electron chi connectivity index (χ4n) is 2.13. The van der Waals surface area contributed by atoms with Crippen LogP contribution in [0, 0.1) is 11.7 Å². The smallest absolute Gasteiger partial charge is 0.223 e. The molecule has 0 unspecified atom stereocenters. The fourth-order valence-corrected chi connectivity index (χ4v) is 2.13. The highest BCUT2D eigenvalue weighted by Crippen LogP contribution is 2.11. The third-order valence-corrected chi connectivity index (χ3v) is 3.43. The van der Waals surface area contributed by atoms with Crippen molar-refractivity contribution in [2.24, 2.45) is 13.0 Å². The van der Waals surface area contributed by atoms with Crippen molar-refractivity contribution in [2.45, 2.75) is 26.3 Å². The summed E-state index contributed by atoms with van der Waals surface area (Å²) in [6, 6.07) is 6.51. The maximum Gasteiger partial charge on any atom is 0.223 e. The number of rotatable bonds is 6. The van der Waals surface area contributed by atoms with Crippen LogP contribution in [0.5, 0.6) is 0 Å². The van der Waals surface area contributed by atoms with Gasteiger partial charge in [-0.3, -0.25) is 9.48 Å². The molecule has 0 aliphatic rings. The molecule has 0 saturated carbocycles. The van der Waals surface area contributed by atoms with Crippen molar-refractivity contribution in [3.63, 3.8) is 0 Å². The molecule has 21 heavy (non-hydrogen) atoms. The quantitative estimate of drug-likeness (QED) is 0.888. The lowest BCUT2D eigenvalue weighted by atomic mass is 10.0. The SMILES string of the molecule is C[C@H](CCc1cccc(F)c1)C(=O)NCc1cnn(C)c1. The minimum atomic E-state index is -0.235. The second kappa shape index (κ2) is 7.02. The summed E-state index contributed by atoms with van der Waals surface area (Å²) in [4.78, 5) is 12.0. The molecule has 1 N–H and O–H groups in total. The van der Waals surface area contributed by atoms with Gasteiger partial charge in [0.2, 0.25) is 5.91 Å². The molecule has 0 radical (unpaired) electrons. The molecule has 112 valence electrons. The largest absolute Gasteiger partial charge is 0.352 e. The Kier molecular flexibility index (Phi) is 5.09. The van der Waals surface area contributed by atoms with Gasteiger partial charge in [-0.1, -0.05) is 19.1 Å². The summed E-state index contributed by atoms with van der Waals surface area (Å²) in [6.45, 7) is 2.37. The van der Waals surface area contributed by atoms with E-state index in [1.54, 1.807) is 16.9 Å². The van der Waals surface area contributed by atoms with Crippen molar-refractivity contribution in [1.82, 2.24) is 15.1 Å². The molecule has 0 fully saturated rings. The van der Waals surface area contributed by atoms with Gasteiger partial charge in [-0.15, -0.1) is 0 Å². The molecule has 0 bridgehead atoms. The second-order valence-corrected chi connectivity index (χ2v) is 5.31. The van der Waals surface area contributed by atoms with E-state index in [0.29, 0.717) is 19.4 Å². The molecular formula is C16H20FN3O. The van der Waals surface area contributed by atoms with Crippen molar-refractivity contribution in [3.8, 4) is 0 Å². The third kappa shape index (κ3) is 4.70. The van der Waals surface area contributed by atoms with Crippen molar-refractivity contribution in [1.29, 1.82) is 0 Å². The predicted octanol–water partition coefficient (Wildman–Crippen LogP) is 2.44. The van der Waals surface area contributed by atoms with E-state index in [0.717, 1.165) is 11.1 Å². The van der Waals surface area contributed by atoms with Gasteiger partial charge in [0.05, 0.1) is 6.20 Å². The van der Waals surface area contributed by atoms with Gasteiger partial charge in [-0.2, -0.15) is 5.10 Å². The summed E-state index contributed by atoms with van der Waals surface area (Å²) >= 11 is 0. The van der Waals surface area contributed by atoms with E-state index in [2.05, 4.69) is 10.4 Å². The Morgan fingerprint density at radius 2 is 2.24 bits per heavy atom. The molecule has 1 amide bonds. The van der Waals surface area contributed by atoms with E-state index in [4.69, 9.17) is 0 Å². The maximum absolute atomic E-state index is 13.1. The number of benzene rings is 1. The summed E-state index contributed by atoms with van der Waals surface area (Å²) in [5, 5.41) is 6.95. The number of halogens is 1. The van der Waals surface area contributed by atoms with E-state index in [9.17, 15) is 9.18 Å². The van der Waals surface area contributed by atoms with Crippen LogP contribution in [0.15, 0.2) is 36.7 Å². The number of nitrogens with one attached hydrogen (secondary N) is 1. The zero-order valence-electron chi connectivity index (χ0n) is 12.3. The topological polar surface area (TPSA) is 46.9 Å². The Balaban J connectivity index is 1.77. The van der Waals surface area contributed by atoms with Crippen LogP contribution < -0.4 is 5.32 Å². The standard InChI is InChI=1S/C16H20FN3O/c1-12(6-7-13-4-3-5-15(17)8-13)16(21)18-9-14-10-19-20(2)11-14/h3-5,8,10-12H,6-7,9H2,1-2H3,(H,18,21)/t12-/m1/s1. The fraction of sp³-hybridized carbons (Fsp3) is 0.375. The Bertz CT molecular complexity index is 609. The molecule has 2 rings (SSSR count). The van der Waals surface area contributed by atoms with Gasteiger partial charge in [0, 0.05) is 31.3 Å². The number of aromatic nitrogens is 2. The van der Waals surface area contributed by atoms with E-state index in [1.807, 2.05) is 26.2 Å². The molecule has 0 saturated heterocycles. The van der Waals surface area contributed by atoms with Gasteiger partial charge in [-0.25, -0.2) is 4.39 Å². The summed E-state index contributed by atoms with van der Waals surface area (Å²) in [6.07, 6.45) is 5.00. The lowest BCUT2D eigenvalue weighted by molar-refractivity contribution is -0.124. The first kappa shape index (κ1) is 15.2. The summed E-state index contributed by atoms with van der Waals surface area (Å²) in [5.74, 6) is -0.332. The molecule has 0 aliphatic carbocycles. The van der Waals surface area contributed by atoms with Crippen molar-refractivity contribution >= 4 is 5.91 Å². The van der Waals surface area contributed by atoms with Crippen LogP contribution in [0.1, 0.15) is 24.5 Å². The highest BCUT2D eigenvalue weighted by atomic mass is 19.1. The van der Waals surface area contributed by atoms with Gasteiger partial charge in [0.15, 0.2) is 0 Å². The van der Waals surface area contributed by atoms with Crippen LogP contribution in [-0.4, -0.2) is 15.7 Å². The van der Waals surface area contributed by atoms with Crippen LogP contribution in [0.25, 0.3) is 0 Å². The maximum atomic E-state index is 13.1. The number of amides is 1. The minimum Gasteiger partial charge on any atom is -0.352 e. The molecular weight excluding hydrogens is 269 g/mol. The van der Waals surface area contributed by atoms with Gasteiger partial charge < -0.3 is 5.32 Å². The first-order valence-corrected chi connectivity index (χ1v) is 7.04. The lowest BCUT2D eigenvalue weighted by Gasteiger charge is -2.11. The van der Waals surface area contributed by atoms with E-state index < -0.39 is 0 Å². The summed E-state index contributed by atoms with van der Waals surface area (Å²) in [7, 11) is 1.84. The van der Waals surface area contributed by atoms with E-state index >= 15 is 0 Å². The number of hydrogen-bond acceptors (Lipinski definition) is 2. The second-order valence-electron chi connectivity index (χ2n) is 5.31. The van der Waals surface area contributed by atoms with Crippen LogP contribution in [-0.2, 0) is 24.8 Å². The van der Waals surface area contributed by atoms with E-state index in [1.165, 1.54) is 12.1 Å². The van der Waals surface area contributed by atoms with Gasteiger partial charge in [0.25, 0.3) is 0 Å². The Labute approximate surface area is 124 Å². The molecule has 1 aromatic heterocycles. The Morgan fingerprint density at radius 3 is 2.90 bits per heavy atom. The molecule has 1 atom stereocenters. The van der Waals surface area contributed by atoms with E-state index in [-0.39, 0.29) is 17.6 Å². The van der Waals surface area contributed by atoms with Crippen LogP contribution in [0.4, 0.5) is 4.39 Å². The number of aryl methyl sites for hydroxylation is 2.